The summed E-state index contributed by atoms with van der Waals surface area (Å²) in [6.07, 6.45) is 5.14. The predicted octanol–water partition coefficient (Wildman–Crippen LogP) is 4.98. The summed E-state index contributed by atoms with van der Waals surface area (Å²) in [5.74, 6) is 1.30. The summed E-state index contributed by atoms with van der Waals surface area (Å²) in [6.45, 7) is 2.57. The van der Waals surface area contributed by atoms with E-state index in [0.29, 0.717) is 36.8 Å². The van der Waals surface area contributed by atoms with Gasteiger partial charge in [0.05, 0.1) is 13.7 Å². The lowest BCUT2D eigenvalue weighted by atomic mass is 10.1. The number of hydrogen-bond acceptors (Lipinski definition) is 4. The molecule has 0 heterocycles. The van der Waals surface area contributed by atoms with Gasteiger partial charge in [-0.1, -0.05) is 36.6 Å². The van der Waals surface area contributed by atoms with E-state index in [1.54, 1.807) is 43.2 Å². The van der Waals surface area contributed by atoms with Crippen LogP contribution < -0.4 is 14.8 Å². The van der Waals surface area contributed by atoms with Crippen LogP contribution in [-0.2, 0) is 16.1 Å². The second-order valence-electron chi connectivity index (χ2n) is 8.44. The van der Waals surface area contributed by atoms with E-state index < -0.39 is 6.04 Å². The first-order chi connectivity index (χ1) is 16.0. The Morgan fingerprint density at radius 2 is 1.70 bits per heavy atom. The normalized spacial score (nSPS) is 14.5. The smallest absolute Gasteiger partial charge is 0.242 e. The molecule has 2 aromatic rings. The first kappa shape index (κ1) is 24.9. The summed E-state index contributed by atoms with van der Waals surface area (Å²) >= 11 is 5.90. The summed E-state index contributed by atoms with van der Waals surface area (Å²) in [7, 11) is 1.62. The lowest BCUT2D eigenvalue weighted by molar-refractivity contribution is -0.141. The molecule has 33 heavy (non-hydrogen) atoms. The molecule has 178 valence electrons. The third-order valence-electron chi connectivity index (χ3n) is 6.00. The predicted molar refractivity (Wildman–Crippen MR) is 130 cm³/mol. The fourth-order valence-electron chi connectivity index (χ4n) is 3.99. The third kappa shape index (κ3) is 7.67. The average molecular weight is 473 g/mol. The standard InChI is InChI=1S/C26H33ClN2O4/c1-19(26(31)28-22-6-3-4-7-22)29(18-20-9-13-23(32-2)14-10-20)25(30)8-5-17-33-24-15-11-21(27)12-16-24/h9-16,19,22H,3-8,17-18H2,1-2H3,(H,28,31). The van der Waals surface area contributed by atoms with Gasteiger partial charge in [0.25, 0.3) is 0 Å². The van der Waals surface area contributed by atoms with Crippen LogP contribution in [0.5, 0.6) is 11.5 Å². The highest BCUT2D eigenvalue weighted by Gasteiger charge is 2.28. The Labute approximate surface area is 201 Å². The molecule has 0 aliphatic heterocycles. The van der Waals surface area contributed by atoms with E-state index in [9.17, 15) is 9.59 Å². The van der Waals surface area contributed by atoms with Crippen LogP contribution in [0, 0.1) is 0 Å². The van der Waals surface area contributed by atoms with Crippen molar-refractivity contribution in [1.29, 1.82) is 0 Å². The number of benzene rings is 2. The van der Waals surface area contributed by atoms with Crippen molar-refractivity contribution < 1.29 is 19.1 Å². The fraction of sp³-hybridized carbons (Fsp3) is 0.462. The SMILES string of the molecule is COc1ccc(CN(C(=O)CCCOc2ccc(Cl)cc2)C(C)C(=O)NC2CCCC2)cc1. The molecule has 1 fully saturated rings. The van der Waals surface area contributed by atoms with Gasteiger partial charge in [-0.2, -0.15) is 0 Å². The summed E-state index contributed by atoms with van der Waals surface area (Å²) in [5, 5.41) is 3.77. The quantitative estimate of drug-likeness (QED) is 0.468. The molecule has 0 saturated heterocycles. The monoisotopic (exact) mass is 472 g/mol. The van der Waals surface area contributed by atoms with Crippen LogP contribution in [0.3, 0.4) is 0 Å². The first-order valence-electron chi connectivity index (χ1n) is 11.6. The number of rotatable bonds is 11. The van der Waals surface area contributed by atoms with E-state index in [2.05, 4.69) is 5.32 Å². The van der Waals surface area contributed by atoms with Crippen LogP contribution in [0.1, 0.15) is 51.0 Å². The summed E-state index contributed by atoms with van der Waals surface area (Å²) in [5.41, 5.74) is 0.946. The van der Waals surface area contributed by atoms with Gasteiger partial charge in [0.2, 0.25) is 11.8 Å². The van der Waals surface area contributed by atoms with E-state index in [4.69, 9.17) is 21.1 Å². The van der Waals surface area contributed by atoms with Crippen molar-refractivity contribution in [2.45, 2.75) is 64.1 Å². The number of carbonyl (C=O) groups excluding carboxylic acids is 2. The van der Waals surface area contributed by atoms with Crippen molar-refractivity contribution in [2.24, 2.45) is 0 Å². The molecule has 1 saturated carbocycles. The summed E-state index contributed by atoms with van der Waals surface area (Å²) in [6, 6.07) is 14.4. The summed E-state index contributed by atoms with van der Waals surface area (Å²) < 4.78 is 10.9. The van der Waals surface area contributed by atoms with E-state index in [-0.39, 0.29) is 17.9 Å². The number of halogens is 1. The molecule has 1 atom stereocenters. The van der Waals surface area contributed by atoms with Crippen LogP contribution in [0.4, 0.5) is 0 Å². The molecule has 1 unspecified atom stereocenters. The fourth-order valence-corrected chi connectivity index (χ4v) is 4.12. The second kappa shape index (κ2) is 12.5. The average Bonchev–Trinajstić information content (AvgIpc) is 3.34. The largest absolute Gasteiger partial charge is 0.497 e. The van der Waals surface area contributed by atoms with Crippen molar-refractivity contribution in [3.8, 4) is 11.5 Å². The minimum Gasteiger partial charge on any atom is -0.497 e. The molecule has 7 heteroatoms. The van der Waals surface area contributed by atoms with E-state index in [0.717, 1.165) is 37.0 Å². The van der Waals surface area contributed by atoms with Gasteiger partial charge in [-0.3, -0.25) is 9.59 Å². The third-order valence-corrected chi connectivity index (χ3v) is 6.25. The molecule has 0 aromatic heterocycles. The summed E-state index contributed by atoms with van der Waals surface area (Å²) in [4.78, 5) is 27.7. The van der Waals surface area contributed by atoms with Crippen molar-refractivity contribution >= 4 is 23.4 Å². The molecule has 2 aromatic carbocycles. The minimum absolute atomic E-state index is 0.0698. The second-order valence-corrected chi connectivity index (χ2v) is 8.88. The van der Waals surface area contributed by atoms with Gasteiger partial charge in [0.1, 0.15) is 17.5 Å². The minimum atomic E-state index is -0.558. The molecule has 0 spiro atoms. The Balaban J connectivity index is 1.60. The Kier molecular flexibility index (Phi) is 9.43. The topological polar surface area (TPSA) is 67.9 Å². The molecule has 1 aliphatic carbocycles. The maximum atomic E-state index is 13.2. The van der Waals surface area contributed by atoms with Crippen LogP contribution >= 0.6 is 11.6 Å². The van der Waals surface area contributed by atoms with E-state index in [1.165, 1.54) is 0 Å². The Morgan fingerprint density at radius 3 is 2.33 bits per heavy atom. The molecule has 0 radical (unpaired) electrons. The molecule has 1 N–H and O–H groups in total. The van der Waals surface area contributed by atoms with E-state index in [1.807, 2.05) is 24.3 Å². The molecule has 2 amide bonds. The lowest BCUT2D eigenvalue weighted by Crippen LogP contribution is -2.49. The van der Waals surface area contributed by atoms with Crippen LogP contribution in [0.25, 0.3) is 0 Å². The van der Waals surface area contributed by atoms with Crippen LogP contribution in [0.2, 0.25) is 5.02 Å². The molecular formula is C26H33ClN2O4. The number of nitrogens with zero attached hydrogens (tertiary/aromatic N) is 1. The van der Waals surface area contributed by atoms with Crippen LogP contribution in [-0.4, -0.2) is 42.5 Å². The highest BCUT2D eigenvalue weighted by Crippen LogP contribution is 2.20. The number of carbonyl (C=O) groups is 2. The van der Waals surface area contributed by atoms with Gasteiger partial charge in [-0.25, -0.2) is 0 Å². The number of methoxy groups -OCH3 is 1. The van der Waals surface area contributed by atoms with Gasteiger partial charge in [-0.05, 0) is 68.1 Å². The zero-order valence-corrected chi connectivity index (χ0v) is 20.1. The highest BCUT2D eigenvalue weighted by molar-refractivity contribution is 6.30. The Hall–Kier alpha value is -2.73. The van der Waals surface area contributed by atoms with Crippen molar-refractivity contribution in [3.63, 3.8) is 0 Å². The molecular weight excluding hydrogens is 440 g/mol. The van der Waals surface area contributed by atoms with Gasteiger partial charge < -0.3 is 19.7 Å². The molecule has 1 aliphatic rings. The molecule has 0 bridgehead atoms. The van der Waals surface area contributed by atoms with Gasteiger partial charge >= 0.3 is 0 Å². The lowest BCUT2D eigenvalue weighted by Gasteiger charge is -2.30. The highest BCUT2D eigenvalue weighted by atomic mass is 35.5. The molecule has 3 rings (SSSR count). The van der Waals surface area contributed by atoms with Gasteiger partial charge in [-0.15, -0.1) is 0 Å². The Bertz CT molecular complexity index is 896. The number of hydrogen-bond donors (Lipinski definition) is 1. The van der Waals surface area contributed by atoms with Gasteiger partial charge in [0, 0.05) is 24.0 Å². The number of nitrogens with one attached hydrogen (secondary N) is 1. The van der Waals surface area contributed by atoms with Crippen molar-refractivity contribution in [1.82, 2.24) is 10.2 Å². The Morgan fingerprint density at radius 1 is 1.06 bits per heavy atom. The number of ether oxygens (including phenoxy) is 2. The maximum Gasteiger partial charge on any atom is 0.242 e. The molecule has 6 nitrogen and oxygen atoms in total. The number of amides is 2. The first-order valence-corrected chi connectivity index (χ1v) is 11.9. The van der Waals surface area contributed by atoms with Crippen molar-refractivity contribution in [3.05, 3.63) is 59.1 Å². The van der Waals surface area contributed by atoms with Crippen molar-refractivity contribution in [2.75, 3.05) is 13.7 Å². The zero-order valence-electron chi connectivity index (χ0n) is 19.4. The van der Waals surface area contributed by atoms with Crippen LogP contribution in [0.15, 0.2) is 48.5 Å². The van der Waals surface area contributed by atoms with Gasteiger partial charge in [0.15, 0.2) is 0 Å². The maximum absolute atomic E-state index is 13.2. The van der Waals surface area contributed by atoms with E-state index >= 15 is 0 Å². The zero-order chi connectivity index (χ0) is 23.6.